The SMILES string of the molecule is Nc1nc2c(cc1Br)cc(C(=O)NCc1ccc(Cl)cc1)c(=O)n2CC(=O)O. The van der Waals surface area contributed by atoms with Crippen molar-refractivity contribution in [3.05, 3.63) is 67.4 Å². The standard InChI is InChI=1S/C18H14BrClN4O4/c19-13-6-10-5-12(17(27)22-7-9-1-3-11(20)4-2-9)18(28)24(8-14(25)26)16(10)23-15(13)21/h1-6H,7-8H2,(H2,21,23)(H,22,27)(H,25,26). The van der Waals surface area contributed by atoms with Crippen LogP contribution in [0.1, 0.15) is 15.9 Å². The minimum atomic E-state index is -1.24. The maximum Gasteiger partial charge on any atom is 0.323 e. The van der Waals surface area contributed by atoms with Gasteiger partial charge in [0.15, 0.2) is 0 Å². The van der Waals surface area contributed by atoms with Gasteiger partial charge in [0, 0.05) is 17.0 Å². The molecule has 144 valence electrons. The Balaban J connectivity index is 2.01. The molecule has 1 amide bonds. The summed E-state index contributed by atoms with van der Waals surface area (Å²) < 4.78 is 1.38. The lowest BCUT2D eigenvalue weighted by Crippen LogP contribution is -2.34. The first-order valence-electron chi connectivity index (χ1n) is 8.00. The highest BCUT2D eigenvalue weighted by Gasteiger charge is 2.19. The molecule has 1 aromatic carbocycles. The molecule has 0 aliphatic rings. The lowest BCUT2D eigenvalue weighted by atomic mass is 10.1. The van der Waals surface area contributed by atoms with Gasteiger partial charge in [0.25, 0.3) is 11.5 Å². The van der Waals surface area contributed by atoms with Crippen LogP contribution in [0.3, 0.4) is 0 Å². The molecular weight excluding hydrogens is 452 g/mol. The molecular formula is C18H14BrClN4O4. The van der Waals surface area contributed by atoms with Crippen molar-refractivity contribution in [2.24, 2.45) is 0 Å². The summed E-state index contributed by atoms with van der Waals surface area (Å²) in [7, 11) is 0. The number of nitrogen functional groups attached to an aromatic ring is 1. The fourth-order valence-electron chi connectivity index (χ4n) is 2.61. The summed E-state index contributed by atoms with van der Waals surface area (Å²) >= 11 is 9.07. The van der Waals surface area contributed by atoms with Crippen LogP contribution in [0.15, 0.2) is 45.7 Å². The summed E-state index contributed by atoms with van der Waals surface area (Å²) in [6, 6.07) is 9.81. The van der Waals surface area contributed by atoms with E-state index in [0.717, 1.165) is 10.1 Å². The van der Waals surface area contributed by atoms with E-state index in [1.807, 2.05) is 0 Å². The van der Waals surface area contributed by atoms with Crippen LogP contribution < -0.4 is 16.6 Å². The molecule has 3 aromatic rings. The summed E-state index contributed by atoms with van der Waals surface area (Å²) in [6.45, 7) is -0.474. The third kappa shape index (κ3) is 4.15. The van der Waals surface area contributed by atoms with E-state index in [0.29, 0.717) is 14.9 Å². The molecule has 0 atom stereocenters. The number of halogens is 2. The normalized spacial score (nSPS) is 10.8. The van der Waals surface area contributed by atoms with Gasteiger partial charge < -0.3 is 16.2 Å². The van der Waals surface area contributed by atoms with Crippen LogP contribution in [0.4, 0.5) is 5.82 Å². The Labute approximate surface area is 172 Å². The molecule has 0 aliphatic heterocycles. The zero-order valence-electron chi connectivity index (χ0n) is 14.3. The van der Waals surface area contributed by atoms with Crippen LogP contribution in [-0.4, -0.2) is 26.5 Å². The van der Waals surface area contributed by atoms with Gasteiger partial charge in [-0.05, 0) is 45.8 Å². The van der Waals surface area contributed by atoms with Gasteiger partial charge in [-0.1, -0.05) is 23.7 Å². The number of carbonyl (C=O) groups is 2. The third-order valence-corrected chi connectivity index (χ3v) is 4.83. The Morgan fingerprint density at radius 1 is 1.25 bits per heavy atom. The van der Waals surface area contributed by atoms with E-state index in [9.17, 15) is 14.4 Å². The van der Waals surface area contributed by atoms with E-state index in [2.05, 4.69) is 26.2 Å². The highest BCUT2D eigenvalue weighted by molar-refractivity contribution is 9.10. The van der Waals surface area contributed by atoms with Crippen molar-refractivity contribution in [1.29, 1.82) is 0 Å². The number of pyridine rings is 2. The molecule has 2 aromatic heterocycles. The van der Waals surface area contributed by atoms with Gasteiger partial charge in [-0.15, -0.1) is 0 Å². The van der Waals surface area contributed by atoms with Gasteiger partial charge in [0.2, 0.25) is 0 Å². The Morgan fingerprint density at radius 3 is 2.57 bits per heavy atom. The third-order valence-electron chi connectivity index (χ3n) is 3.95. The van der Waals surface area contributed by atoms with E-state index < -0.39 is 24.0 Å². The van der Waals surface area contributed by atoms with E-state index in [4.69, 9.17) is 22.4 Å². The van der Waals surface area contributed by atoms with Gasteiger partial charge in [-0.3, -0.25) is 19.0 Å². The zero-order chi connectivity index (χ0) is 20.4. The molecule has 0 aliphatic carbocycles. The molecule has 0 radical (unpaired) electrons. The van der Waals surface area contributed by atoms with E-state index in [-0.39, 0.29) is 23.6 Å². The summed E-state index contributed by atoms with van der Waals surface area (Å²) in [6.07, 6.45) is 0. The fourth-order valence-corrected chi connectivity index (χ4v) is 3.07. The molecule has 8 nitrogen and oxygen atoms in total. The highest BCUT2D eigenvalue weighted by atomic mass is 79.9. The average Bonchev–Trinajstić information content (AvgIpc) is 2.64. The predicted octanol–water partition coefficient (Wildman–Crippen LogP) is 2.41. The molecule has 10 heteroatoms. The minimum Gasteiger partial charge on any atom is -0.480 e. The summed E-state index contributed by atoms with van der Waals surface area (Å²) in [5.74, 6) is -1.77. The number of fused-ring (bicyclic) bond motifs is 1. The second kappa shape index (κ2) is 7.99. The number of hydrogen-bond acceptors (Lipinski definition) is 5. The van der Waals surface area contributed by atoms with Crippen molar-refractivity contribution >= 4 is 56.3 Å². The average molecular weight is 466 g/mol. The van der Waals surface area contributed by atoms with Crippen LogP contribution in [0.5, 0.6) is 0 Å². The first kappa shape index (κ1) is 19.8. The molecule has 28 heavy (non-hydrogen) atoms. The Bertz CT molecular complexity index is 1150. The van der Waals surface area contributed by atoms with Gasteiger partial charge in [0.05, 0.1) is 4.47 Å². The number of nitrogens with zero attached hydrogens (tertiary/aromatic N) is 2. The van der Waals surface area contributed by atoms with Gasteiger partial charge in [-0.25, -0.2) is 4.98 Å². The number of aliphatic carboxylic acids is 1. The van der Waals surface area contributed by atoms with Crippen LogP contribution in [0, 0.1) is 0 Å². The van der Waals surface area contributed by atoms with Crippen molar-refractivity contribution < 1.29 is 14.7 Å². The molecule has 0 spiro atoms. The number of rotatable bonds is 5. The summed E-state index contributed by atoms with van der Waals surface area (Å²) in [5, 5.41) is 12.8. The topological polar surface area (TPSA) is 127 Å². The molecule has 0 bridgehead atoms. The van der Waals surface area contributed by atoms with Gasteiger partial charge in [-0.2, -0.15) is 0 Å². The fraction of sp³-hybridized carbons (Fsp3) is 0.111. The maximum atomic E-state index is 12.7. The van der Waals surface area contributed by atoms with Gasteiger partial charge >= 0.3 is 5.97 Å². The Kier molecular flexibility index (Phi) is 5.66. The number of nitrogens with two attached hydrogens (primary N) is 1. The van der Waals surface area contributed by atoms with Crippen LogP contribution in [-0.2, 0) is 17.9 Å². The molecule has 2 heterocycles. The summed E-state index contributed by atoms with van der Waals surface area (Å²) in [4.78, 5) is 40.6. The Hall–Kier alpha value is -2.91. The molecule has 0 fully saturated rings. The lowest BCUT2D eigenvalue weighted by Gasteiger charge is -2.12. The maximum absolute atomic E-state index is 12.7. The number of hydrogen-bond donors (Lipinski definition) is 3. The van der Waals surface area contributed by atoms with Crippen LogP contribution in [0.2, 0.25) is 5.02 Å². The predicted molar refractivity (Wildman–Crippen MR) is 108 cm³/mol. The molecule has 0 saturated carbocycles. The lowest BCUT2D eigenvalue weighted by molar-refractivity contribution is -0.137. The number of carboxylic acids is 1. The number of benzene rings is 1. The second-order valence-corrected chi connectivity index (χ2v) is 7.21. The largest absolute Gasteiger partial charge is 0.480 e. The molecule has 3 rings (SSSR count). The quantitative estimate of drug-likeness (QED) is 0.531. The monoisotopic (exact) mass is 464 g/mol. The molecule has 0 saturated heterocycles. The smallest absolute Gasteiger partial charge is 0.323 e. The van der Waals surface area contributed by atoms with E-state index >= 15 is 0 Å². The van der Waals surface area contributed by atoms with Crippen molar-refractivity contribution in [1.82, 2.24) is 14.9 Å². The van der Waals surface area contributed by atoms with E-state index in [1.165, 1.54) is 6.07 Å². The summed E-state index contributed by atoms with van der Waals surface area (Å²) in [5.41, 5.74) is 5.67. The number of carbonyl (C=O) groups excluding carboxylic acids is 1. The van der Waals surface area contributed by atoms with Crippen LogP contribution in [0.25, 0.3) is 11.0 Å². The first-order valence-corrected chi connectivity index (χ1v) is 9.17. The van der Waals surface area contributed by atoms with Crippen molar-refractivity contribution in [2.75, 3.05) is 5.73 Å². The second-order valence-electron chi connectivity index (χ2n) is 5.92. The number of nitrogens with one attached hydrogen (secondary N) is 1. The number of amides is 1. The number of carboxylic acid groups (broad SMARTS) is 1. The Morgan fingerprint density at radius 2 is 1.93 bits per heavy atom. The zero-order valence-corrected chi connectivity index (χ0v) is 16.6. The van der Waals surface area contributed by atoms with Crippen molar-refractivity contribution in [2.45, 2.75) is 13.1 Å². The van der Waals surface area contributed by atoms with Crippen molar-refractivity contribution in [3.8, 4) is 0 Å². The minimum absolute atomic E-state index is 0.0855. The molecule has 4 N–H and O–H groups in total. The number of anilines is 1. The first-order chi connectivity index (χ1) is 13.3. The van der Waals surface area contributed by atoms with E-state index in [1.54, 1.807) is 30.3 Å². The number of aromatic nitrogens is 2. The van der Waals surface area contributed by atoms with Crippen molar-refractivity contribution in [3.63, 3.8) is 0 Å². The van der Waals surface area contributed by atoms with Crippen LogP contribution >= 0.6 is 27.5 Å². The highest BCUT2D eigenvalue weighted by Crippen LogP contribution is 2.23. The molecule has 0 unspecified atom stereocenters. The van der Waals surface area contributed by atoms with Gasteiger partial charge in [0.1, 0.15) is 23.6 Å².